The van der Waals surface area contributed by atoms with Crippen molar-refractivity contribution in [2.45, 2.75) is 6.92 Å². The van der Waals surface area contributed by atoms with Crippen molar-refractivity contribution < 1.29 is 0 Å². The van der Waals surface area contributed by atoms with Gasteiger partial charge in [0.15, 0.2) is 0 Å². The monoisotopic (exact) mass is 422 g/mol. The van der Waals surface area contributed by atoms with Crippen molar-refractivity contribution in [3.05, 3.63) is 121 Å². The lowest BCUT2D eigenvalue weighted by atomic mass is 10.1. The molecular weight excluding hydrogens is 400 g/mol. The molecule has 0 N–H and O–H groups in total. The Kier molecular flexibility index (Phi) is 3.80. The Labute approximate surface area is 191 Å². The maximum absolute atomic E-state index is 2.43. The van der Waals surface area contributed by atoms with Crippen molar-refractivity contribution in [3.63, 3.8) is 0 Å². The van der Waals surface area contributed by atoms with E-state index < -0.39 is 0 Å². The molecule has 2 heteroatoms. The Morgan fingerprint density at radius 3 is 1.82 bits per heavy atom. The van der Waals surface area contributed by atoms with E-state index in [9.17, 15) is 0 Å². The second-order valence-corrected chi connectivity index (χ2v) is 8.74. The molecule has 5 aromatic carbocycles. The Balaban J connectivity index is 1.78. The van der Waals surface area contributed by atoms with Crippen LogP contribution in [0.4, 0.5) is 0 Å². The van der Waals surface area contributed by atoms with Crippen LogP contribution in [0.5, 0.6) is 0 Å². The van der Waals surface area contributed by atoms with Crippen LogP contribution < -0.4 is 0 Å². The topological polar surface area (TPSA) is 9.86 Å². The molecule has 0 atom stereocenters. The van der Waals surface area contributed by atoms with Crippen LogP contribution in [0, 0.1) is 6.92 Å². The molecule has 156 valence electrons. The van der Waals surface area contributed by atoms with Crippen molar-refractivity contribution >= 4 is 43.6 Å². The van der Waals surface area contributed by atoms with Crippen LogP contribution in [0.25, 0.3) is 55.0 Å². The van der Waals surface area contributed by atoms with Crippen LogP contribution in [0.2, 0.25) is 0 Å². The number of aromatic nitrogens is 2. The second kappa shape index (κ2) is 6.85. The molecule has 0 aliphatic rings. The van der Waals surface area contributed by atoms with Crippen molar-refractivity contribution in [2.75, 3.05) is 0 Å². The number of nitrogens with zero attached hydrogens (tertiary/aromatic N) is 2. The average molecular weight is 423 g/mol. The van der Waals surface area contributed by atoms with E-state index in [1.807, 2.05) is 0 Å². The predicted molar refractivity (Wildman–Crippen MR) is 140 cm³/mol. The van der Waals surface area contributed by atoms with Crippen LogP contribution >= 0.6 is 0 Å². The molecule has 2 heterocycles. The zero-order valence-corrected chi connectivity index (χ0v) is 18.4. The summed E-state index contributed by atoms with van der Waals surface area (Å²) in [5, 5.41) is 5.16. The minimum Gasteiger partial charge on any atom is -0.309 e. The quantitative estimate of drug-likeness (QED) is 0.266. The fourth-order valence-electron chi connectivity index (χ4n) is 5.37. The van der Waals surface area contributed by atoms with Gasteiger partial charge in [0.1, 0.15) is 0 Å². The predicted octanol–water partition coefficient (Wildman–Crippen LogP) is 8.19. The van der Waals surface area contributed by atoms with Gasteiger partial charge < -0.3 is 9.13 Å². The van der Waals surface area contributed by atoms with Gasteiger partial charge in [-0.05, 0) is 55.5 Å². The zero-order valence-electron chi connectivity index (χ0n) is 18.4. The molecule has 2 nitrogen and oxygen atoms in total. The van der Waals surface area contributed by atoms with Crippen molar-refractivity contribution in [1.29, 1.82) is 0 Å². The lowest BCUT2D eigenvalue weighted by molar-refractivity contribution is 1.17. The molecule has 0 bridgehead atoms. The first kappa shape index (κ1) is 18.3. The van der Waals surface area contributed by atoms with Crippen LogP contribution in [-0.2, 0) is 0 Å². The third-order valence-corrected chi connectivity index (χ3v) is 6.75. The average Bonchev–Trinajstić information content (AvgIpc) is 3.37. The van der Waals surface area contributed by atoms with Gasteiger partial charge in [0, 0.05) is 32.9 Å². The number of hydrogen-bond donors (Lipinski definition) is 0. The molecule has 0 fully saturated rings. The van der Waals surface area contributed by atoms with Crippen molar-refractivity contribution in [2.24, 2.45) is 0 Å². The molecule has 0 unspecified atom stereocenters. The van der Waals surface area contributed by atoms with E-state index in [0.717, 1.165) is 0 Å². The van der Waals surface area contributed by atoms with Gasteiger partial charge in [-0.25, -0.2) is 0 Å². The lowest BCUT2D eigenvalue weighted by Crippen LogP contribution is -1.95. The third kappa shape index (κ3) is 2.55. The number of rotatable bonds is 2. The zero-order chi connectivity index (χ0) is 21.9. The first-order valence-corrected chi connectivity index (χ1v) is 11.4. The number of benzene rings is 5. The Bertz CT molecular complexity index is 1800. The molecule has 7 aromatic rings. The molecule has 2 aromatic heterocycles. The number of fused-ring (bicyclic) bond motifs is 7. The first-order valence-electron chi connectivity index (χ1n) is 11.4. The third-order valence-electron chi connectivity index (χ3n) is 6.75. The largest absolute Gasteiger partial charge is 0.309 e. The molecular formula is C31H22N2. The highest BCUT2D eigenvalue weighted by Gasteiger charge is 2.20. The summed E-state index contributed by atoms with van der Waals surface area (Å²) in [6.07, 6.45) is 0. The Morgan fingerprint density at radius 2 is 1.06 bits per heavy atom. The molecule has 33 heavy (non-hydrogen) atoms. The highest BCUT2D eigenvalue weighted by atomic mass is 15.0. The van der Waals surface area contributed by atoms with Gasteiger partial charge in [-0.2, -0.15) is 0 Å². The van der Waals surface area contributed by atoms with E-state index in [4.69, 9.17) is 0 Å². The Hall–Kier alpha value is -4.30. The van der Waals surface area contributed by atoms with E-state index in [-0.39, 0.29) is 0 Å². The van der Waals surface area contributed by atoms with Crippen LogP contribution in [0.3, 0.4) is 0 Å². The summed E-state index contributed by atoms with van der Waals surface area (Å²) in [6, 6.07) is 41.5. The Morgan fingerprint density at radius 1 is 0.455 bits per heavy atom. The van der Waals surface area contributed by atoms with Crippen LogP contribution in [-0.4, -0.2) is 9.13 Å². The van der Waals surface area contributed by atoms with Crippen molar-refractivity contribution in [1.82, 2.24) is 9.13 Å². The molecule has 0 saturated carbocycles. The SMILES string of the molecule is Cc1ccc2c(c1)c1c(ccc3c4ccccc4n(-c4ccccc4)c31)n2-c1ccccc1. The maximum Gasteiger partial charge on any atom is 0.0641 e. The minimum absolute atomic E-state index is 1.18. The van der Waals surface area contributed by atoms with Gasteiger partial charge in [-0.15, -0.1) is 0 Å². The molecule has 7 rings (SSSR count). The fourth-order valence-corrected chi connectivity index (χ4v) is 5.37. The molecule has 0 saturated heterocycles. The standard InChI is InChI=1S/C31H22N2/c1-21-16-18-28-26(20-21)30-29(32(28)22-10-4-2-5-11-22)19-17-25-24-14-8-9-15-27(24)33(31(25)30)23-12-6-3-7-13-23/h2-20H,1H3. The normalized spacial score (nSPS) is 11.8. The van der Waals surface area contributed by atoms with Gasteiger partial charge in [0.05, 0.1) is 22.1 Å². The number of hydrogen-bond acceptors (Lipinski definition) is 0. The van der Waals surface area contributed by atoms with Crippen LogP contribution in [0.15, 0.2) is 115 Å². The fraction of sp³-hybridized carbons (Fsp3) is 0.0323. The van der Waals surface area contributed by atoms with E-state index in [1.165, 1.54) is 60.5 Å². The molecule has 0 radical (unpaired) electrons. The first-order chi connectivity index (χ1) is 16.3. The van der Waals surface area contributed by atoms with E-state index >= 15 is 0 Å². The summed E-state index contributed by atoms with van der Waals surface area (Å²) < 4.78 is 4.83. The summed E-state index contributed by atoms with van der Waals surface area (Å²) in [5.41, 5.74) is 8.61. The summed E-state index contributed by atoms with van der Waals surface area (Å²) in [7, 11) is 0. The highest BCUT2D eigenvalue weighted by Crippen LogP contribution is 2.41. The van der Waals surface area contributed by atoms with Gasteiger partial charge >= 0.3 is 0 Å². The molecule has 0 aliphatic heterocycles. The molecule has 0 aliphatic carbocycles. The maximum atomic E-state index is 2.43. The summed E-state index contributed by atoms with van der Waals surface area (Å²) in [4.78, 5) is 0. The van der Waals surface area contributed by atoms with Gasteiger partial charge in [-0.3, -0.25) is 0 Å². The van der Waals surface area contributed by atoms with E-state index in [0.29, 0.717) is 0 Å². The van der Waals surface area contributed by atoms with Crippen LogP contribution in [0.1, 0.15) is 5.56 Å². The number of para-hydroxylation sites is 3. The lowest BCUT2D eigenvalue weighted by Gasteiger charge is -2.09. The van der Waals surface area contributed by atoms with E-state index in [1.54, 1.807) is 0 Å². The van der Waals surface area contributed by atoms with Gasteiger partial charge in [0.2, 0.25) is 0 Å². The second-order valence-electron chi connectivity index (χ2n) is 8.74. The molecule has 0 amide bonds. The summed E-state index contributed by atoms with van der Waals surface area (Å²) in [5.74, 6) is 0. The van der Waals surface area contributed by atoms with E-state index in [2.05, 4.69) is 131 Å². The highest BCUT2D eigenvalue weighted by molar-refractivity contribution is 6.26. The summed E-state index contributed by atoms with van der Waals surface area (Å²) >= 11 is 0. The molecule has 0 spiro atoms. The minimum atomic E-state index is 1.18. The van der Waals surface area contributed by atoms with Crippen molar-refractivity contribution in [3.8, 4) is 11.4 Å². The van der Waals surface area contributed by atoms with Gasteiger partial charge in [-0.1, -0.05) is 72.3 Å². The number of aryl methyl sites for hydroxylation is 1. The summed E-state index contributed by atoms with van der Waals surface area (Å²) in [6.45, 7) is 2.18. The smallest absolute Gasteiger partial charge is 0.0641 e. The van der Waals surface area contributed by atoms with Gasteiger partial charge in [0.25, 0.3) is 0 Å².